The number of nitrogens with zero attached hydrogens (tertiary/aromatic N) is 2. The van der Waals surface area contributed by atoms with Gasteiger partial charge in [-0.3, -0.25) is 5.01 Å². The standard InChI is InChI=1S/C28H31ClN2OS.ClH/c1-4-15-30(28(21-10-11-21)23-12-9-20-7-5-6-8-22(20)16-23)31-18-33-19(2)27(31)25-14-13-24(32-3)17-26(25)29;/h5-9,12-14,16-17,21,28H,4,10-11,15,18H2,1-3H3;1H. The van der Waals surface area contributed by atoms with Crippen molar-refractivity contribution in [2.24, 2.45) is 5.92 Å². The third kappa shape index (κ3) is 4.92. The monoisotopic (exact) mass is 514 g/mol. The fourth-order valence-corrected chi connectivity index (χ4v) is 6.15. The first kappa shape index (κ1) is 25.2. The average molecular weight is 516 g/mol. The second-order valence-corrected chi connectivity index (χ2v) is 10.5. The van der Waals surface area contributed by atoms with Crippen molar-refractivity contribution in [2.75, 3.05) is 19.5 Å². The summed E-state index contributed by atoms with van der Waals surface area (Å²) in [5.74, 6) is 2.40. The minimum absolute atomic E-state index is 0. The topological polar surface area (TPSA) is 15.7 Å². The second kappa shape index (κ2) is 10.8. The van der Waals surface area contributed by atoms with Crippen molar-refractivity contribution in [3.8, 4) is 5.75 Å². The molecule has 1 aliphatic heterocycles. The first-order valence-electron chi connectivity index (χ1n) is 11.8. The van der Waals surface area contributed by atoms with Crippen LogP contribution in [0.2, 0.25) is 5.02 Å². The van der Waals surface area contributed by atoms with Gasteiger partial charge in [-0.15, -0.1) is 24.2 Å². The SMILES string of the molecule is CCCN(C(c1ccc2ccccc2c1)C1CC1)N1CSC(C)=C1c1ccc(OC)cc1Cl.Cl. The molecule has 34 heavy (non-hydrogen) atoms. The minimum atomic E-state index is 0. The molecule has 0 saturated heterocycles. The van der Waals surface area contributed by atoms with Gasteiger partial charge in [-0.2, -0.15) is 0 Å². The van der Waals surface area contributed by atoms with E-state index in [0.717, 1.165) is 35.2 Å². The van der Waals surface area contributed by atoms with Crippen LogP contribution in [0.4, 0.5) is 0 Å². The fraction of sp³-hybridized carbons (Fsp3) is 0.357. The molecule has 180 valence electrons. The van der Waals surface area contributed by atoms with Crippen LogP contribution in [-0.4, -0.2) is 29.5 Å². The van der Waals surface area contributed by atoms with Gasteiger partial charge < -0.3 is 4.74 Å². The zero-order valence-corrected chi connectivity index (χ0v) is 22.3. The van der Waals surface area contributed by atoms with Crippen molar-refractivity contribution < 1.29 is 4.74 Å². The molecule has 1 heterocycles. The lowest BCUT2D eigenvalue weighted by atomic mass is 9.97. The van der Waals surface area contributed by atoms with Gasteiger partial charge in [0.05, 0.1) is 29.7 Å². The van der Waals surface area contributed by atoms with E-state index in [1.54, 1.807) is 7.11 Å². The molecule has 0 aromatic heterocycles. The van der Waals surface area contributed by atoms with Gasteiger partial charge in [-0.05, 0) is 72.7 Å². The summed E-state index contributed by atoms with van der Waals surface area (Å²) in [7, 11) is 1.68. The Labute approximate surface area is 218 Å². The van der Waals surface area contributed by atoms with Crippen molar-refractivity contribution in [3.05, 3.63) is 81.7 Å². The van der Waals surface area contributed by atoms with Crippen LogP contribution < -0.4 is 4.74 Å². The molecule has 3 nitrogen and oxygen atoms in total. The molecule has 0 bridgehead atoms. The van der Waals surface area contributed by atoms with Gasteiger partial charge in [0.15, 0.2) is 0 Å². The van der Waals surface area contributed by atoms with E-state index in [2.05, 4.69) is 72.4 Å². The number of thioether (sulfide) groups is 1. The Balaban J connectivity index is 0.00000274. The summed E-state index contributed by atoms with van der Waals surface area (Å²) in [4.78, 5) is 1.32. The number of fused-ring (bicyclic) bond motifs is 1. The lowest BCUT2D eigenvalue weighted by Crippen LogP contribution is -2.43. The Kier molecular flexibility index (Phi) is 8.04. The first-order chi connectivity index (χ1) is 16.1. The average Bonchev–Trinajstić information content (AvgIpc) is 3.60. The molecule has 3 aromatic rings. The van der Waals surface area contributed by atoms with E-state index in [4.69, 9.17) is 16.3 Å². The predicted octanol–water partition coefficient (Wildman–Crippen LogP) is 8.40. The number of halogens is 2. The second-order valence-electron chi connectivity index (χ2n) is 8.98. The van der Waals surface area contributed by atoms with Crippen LogP contribution in [-0.2, 0) is 0 Å². The van der Waals surface area contributed by atoms with Crippen LogP contribution in [0.15, 0.2) is 65.6 Å². The number of hydrogen-bond acceptors (Lipinski definition) is 4. The molecule has 0 radical (unpaired) electrons. The summed E-state index contributed by atoms with van der Waals surface area (Å²) >= 11 is 8.67. The smallest absolute Gasteiger partial charge is 0.120 e. The molecule has 1 aliphatic carbocycles. The number of allylic oxidation sites excluding steroid dienone is 1. The highest BCUT2D eigenvalue weighted by atomic mass is 35.5. The van der Waals surface area contributed by atoms with Crippen LogP contribution in [0, 0.1) is 5.92 Å². The van der Waals surface area contributed by atoms with Crippen LogP contribution in [0.3, 0.4) is 0 Å². The Hall–Kier alpha value is -1.85. The highest BCUT2D eigenvalue weighted by Crippen LogP contribution is 2.49. The lowest BCUT2D eigenvalue weighted by Gasteiger charge is -2.41. The zero-order chi connectivity index (χ0) is 22.9. The van der Waals surface area contributed by atoms with Gasteiger partial charge in [0, 0.05) is 17.0 Å². The molecule has 1 unspecified atom stereocenters. The first-order valence-corrected chi connectivity index (χ1v) is 13.2. The van der Waals surface area contributed by atoms with E-state index in [-0.39, 0.29) is 12.4 Å². The number of hydrazine groups is 1. The zero-order valence-electron chi connectivity index (χ0n) is 20.0. The molecule has 1 atom stereocenters. The largest absolute Gasteiger partial charge is 0.497 e. The Morgan fingerprint density at radius 2 is 1.85 bits per heavy atom. The molecule has 0 N–H and O–H groups in total. The summed E-state index contributed by atoms with van der Waals surface area (Å²) in [6.45, 7) is 5.50. The number of rotatable bonds is 8. The highest BCUT2D eigenvalue weighted by molar-refractivity contribution is 8.03. The van der Waals surface area contributed by atoms with Gasteiger partial charge >= 0.3 is 0 Å². The summed E-state index contributed by atoms with van der Waals surface area (Å²) in [6, 6.07) is 22.1. The maximum absolute atomic E-state index is 6.77. The third-order valence-corrected chi connectivity index (χ3v) is 8.01. The van der Waals surface area contributed by atoms with Crippen LogP contribution in [0.5, 0.6) is 5.75 Å². The molecule has 6 heteroatoms. The summed E-state index contributed by atoms with van der Waals surface area (Å²) in [5.41, 5.74) is 3.72. The van der Waals surface area contributed by atoms with E-state index in [9.17, 15) is 0 Å². The van der Waals surface area contributed by atoms with Crippen LogP contribution >= 0.6 is 35.8 Å². The molecule has 1 fully saturated rings. The van der Waals surface area contributed by atoms with Crippen molar-refractivity contribution >= 4 is 52.2 Å². The normalized spacial score (nSPS) is 16.8. The summed E-state index contributed by atoms with van der Waals surface area (Å²) in [6.07, 6.45) is 3.68. The molecule has 0 amide bonds. The van der Waals surface area contributed by atoms with E-state index in [1.807, 2.05) is 23.9 Å². The molecule has 2 aliphatic rings. The number of ether oxygens (including phenoxy) is 1. The van der Waals surface area contributed by atoms with Crippen molar-refractivity contribution in [2.45, 2.75) is 39.2 Å². The molecule has 0 spiro atoms. The maximum atomic E-state index is 6.77. The van der Waals surface area contributed by atoms with Gasteiger partial charge in [-0.1, -0.05) is 54.9 Å². The quantitative estimate of drug-likeness (QED) is 0.299. The molecule has 1 saturated carbocycles. The lowest BCUT2D eigenvalue weighted by molar-refractivity contribution is -0.00429. The summed E-state index contributed by atoms with van der Waals surface area (Å²) in [5, 5.41) is 8.48. The molecular weight excluding hydrogens is 483 g/mol. The Morgan fingerprint density at radius 1 is 1.09 bits per heavy atom. The number of methoxy groups -OCH3 is 1. The van der Waals surface area contributed by atoms with E-state index < -0.39 is 0 Å². The highest BCUT2D eigenvalue weighted by Gasteiger charge is 2.41. The van der Waals surface area contributed by atoms with Gasteiger partial charge in [-0.25, -0.2) is 5.01 Å². The predicted molar refractivity (Wildman–Crippen MR) is 149 cm³/mol. The molecule has 5 rings (SSSR count). The van der Waals surface area contributed by atoms with Gasteiger partial charge in [0.25, 0.3) is 0 Å². The van der Waals surface area contributed by atoms with Gasteiger partial charge in [0.1, 0.15) is 5.75 Å². The summed E-state index contributed by atoms with van der Waals surface area (Å²) < 4.78 is 5.39. The van der Waals surface area contributed by atoms with Crippen molar-refractivity contribution in [1.29, 1.82) is 0 Å². The van der Waals surface area contributed by atoms with Crippen LogP contribution in [0.25, 0.3) is 16.5 Å². The van der Waals surface area contributed by atoms with E-state index in [0.29, 0.717) is 12.0 Å². The Bertz CT molecular complexity index is 1190. The van der Waals surface area contributed by atoms with Crippen molar-refractivity contribution in [1.82, 2.24) is 10.0 Å². The minimum Gasteiger partial charge on any atom is -0.497 e. The third-order valence-electron chi connectivity index (χ3n) is 6.69. The van der Waals surface area contributed by atoms with Crippen LogP contribution in [0.1, 0.15) is 50.3 Å². The number of benzene rings is 3. The number of hydrogen-bond donors (Lipinski definition) is 0. The van der Waals surface area contributed by atoms with E-state index >= 15 is 0 Å². The fourth-order valence-electron chi connectivity index (χ4n) is 4.95. The Morgan fingerprint density at radius 3 is 2.53 bits per heavy atom. The van der Waals surface area contributed by atoms with E-state index in [1.165, 1.54) is 39.8 Å². The molecule has 3 aromatic carbocycles. The molecular formula is C28H32Cl2N2OS. The maximum Gasteiger partial charge on any atom is 0.120 e. The van der Waals surface area contributed by atoms with Crippen molar-refractivity contribution in [3.63, 3.8) is 0 Å². The van der Waals surface area contributed by atoms with Gasteiger partial charge in [0.2, 0.25) is 0 Å².